The highest BCUT2D eigenvalue weighted by Crippen LogP contribution is 2.21. The first-order chi connectivity index (χ1) is 8.83. The van der Waals surface area contributed by atoms with Crippen molar-refractivity contribution in [1.82, 2.24) is 9.55 Å². The minimum atomic E-state index is 0.559. The van der Waals surface area contributed by atoms with Crippen LogP contribution in [0.2, 0.25) is 0 Å². The van der Waals surface area contributed by atoms with Gasteiger partial charge in [-0.15, -0.1) is 0 Å². The van der Waals surface area contributed by atoms with Gasteiger partial charge in [0, 0.05) is 16.7 Å². The SMILES string of the molecule is Brc1ccc(OCc2ncn3c2CCCC3)cc1. The number of hydrogen-bond acceptors (Lipinski definition) is 2. The number of benzene rings is 1. The third kappa shape index (κ3) is 2.43. The Kier molecular flexibility index (Phi) is 3.37. The van der Waals surface area contributed by atoms with Gasteiger partial charge in [0.1, 0.15) is 12.4 Å². The maximum Gasteiger partial charge on any atom is 0.132 e. The molecule has 0 unspecified atom stereocenters. The molecule has 1 aromatic carbocycles. The van der Waals surface area contributed by atoms with Crippen molar-refractivity contribution in [2.24, 2.45) is 0 Å². The number of rotatable bonds is 3. The van der Waals surface area contributed by atoms with Gasteiger partial charge in [0.15, 0.2) is 0 Å². The summed E-state index contributed by atoms with van der Waals surface area (Å²) in [6.07, 6.45) is 5.58. The van der Waals surface area contributed by atoms with Gasteiger partial charge in [-0.3, -0.25) is 0 Å². The van der Waals surface area contributed by atoms with Crippen LogP contribution in [0.5, 0.6) is 5.75 Å². The molecule has 0 atom stereocenters. The summed E-state index contributed by atoms with van der Waals surface area (Å²) in [5.74, 6) is 0.885. The molecule has 0 bridgehead atoms. The topological polar surface area (TPSA) is 27.1 Å². The van der Waals surface area contributed by atoms with Gasteiger partial charge < -0.3 is 9.30 Å². The van der Waals surface area contributed by atoms with Crippen LogP contribution in [-0.2, 0) is 19.6 Å². The Hall–Kier alpha value is -1.29. The van der Waals surface area contributed by atoms with E-state index in [0.717, 1.165) is 28.9 Å². The Morgan fingerprint density at radius 1 is 1.22 bits per heavy atom. The zero-order valence-electron chi connectivity index (χ0n) is 10.1. The van der Waals surface area contributed by atoms with Crippen molar-refractivity contribution in [2.45, 2.75) is 32.4 Å². The Morgan fingerprint density at radius 2 is 2.06 bits per heavy atom. The van der Waals surface area contributed by atoms with Gasteiger partial charge >= 0.3 is 0 Å². The molecule has 1 aliphatic rings. The zero-order valence-corrected chi connectivity index (χ0v) is 11.7. The summed E-state index contributed by atoms with van der Waals surface area (Å²) in [5.41, 5.74) is 2.43. The first-order valence-electron chi connectivity index (χ1n) is 6.24. The van der Waals surface area contributed by atoms with E-state index in [0.29, 0.717) is 6.61 Å². The molecular weight excluding hydrogens is 292 g/mol. The highest BCUT2D eigenvalue weighted by Gasteiger charge is 2.14. The molecule has 94 valence electrons. The molecule has 0 aliphatic carbocycles. The van der Waals surface area contributed by atoms with Crippen molar-refractivity contribution in [3.63, 3.8) is 0 Å². The van der Waals surface area contributed by atoms with Crippen LogP contribution < -0.4 is 4.74 Å². The summed E-state index contributed by atoms with van der Waals surface area (Å²) in [6.45, 7) is 1.66. The Morgan fingerprint density at radius 3 is 2.89 bits per heavy atom. The van der Waals surface area contributed by atoms with E-state index in [2.05, 4.69) is 25.5 Å². The maximum absolute atomic E-state index is 5.77. The molecule has 0 saturated carbocycles. The quantitative estimate of drug-likeness (QED) is 0.867. The average Bonchev–Trinajstić information content (AvgIpc) is 2.82. The Labute approximate surface area is 115 Å². The summed E-state index contributed by atoms with van der Waals surface area (Å²) < 4.78 is 9.09. The van der Waals surface area contributed by atoms with Crippen molar-refractivity contribution in [3.05, 3.63) is 46.5 Å². The lowest BCUT2D eigenvalue weighted by molar-refractivity contribution is 0.299. The molecule has 0 radical (unpaired) electrons. The number of nitrogens with zero attached hydrogens (tertiary/aromatic N) is 2. The van der Waals surface area contributed by atoms with Crippen molar-refractivity contribution in [1.29, 1.82) is 0 Å². The normalized spacial score (nSPS) is 14.3. The molecule has 1 aromatic heterocycles. The van der Waals surface area contributed by atoms with Crippen LogP contribution in [0.3, 0.4) is 0 Å². The van der Waals surface area contributed by atoms with E-state index in [9.17, 15) is 0 Å². The fourth-order valence-corrected chi connectivity index (χ4v) is 2.57. The first kappa shape index (κ1) is 11.8. The number of imidazole rings is 1. The summed E-state index contributed by atoms with van der Waals surface area (Å²) in [7, 11) is 0. The highest BCUT2D eigenvalue weighted by molar-refractivity contribution is 9.10. The molecule has 3 nitrogen and oxygen atoms in total. The lowest BCUT2D eigenvalue weighted by Gasteiger charge is -2.15. The van der Waals surface area contributed by atoms with Gasteiger partial charge in [-0.1, -0.05) is 15.9 Å². The molecule has 0 saturated heterocycles. The molecule has 1 aliphatic heterocycles. The van der Waals surface area contributed by atoms with Gasteiger partial charge in [-0.25, -0.2) is 4.98 Å². The predicted molar refractivity (Wildman–Crippen MR) is 73.6 cm³/mol. The minimum absolute atomic E-state index is 0.559. The molecule has 4 heteroatoms. The van der Waals surface area contributed by atoms with E-state index in [1.165, 1.54) is 18.5 Å². The number of ether oxygens (including phenoxy) is 1. The Balaban J connectivity index is 1.70. The van der Waals surface area contributed by atoms with E-state index in [1.54, 1.807) is 0 Å². The van der Waals surface area contributed by atoms with Gasteiger partial charge in [0.2, 0.25) is 0 Å². The van der Waals surface area contributed by atoms with Crippen LogP contribution in [0.25, 0.3) is 0 Å². The van der Waals surface area contributed by atoms with Crippen LogP contribution in [0, 0.1) is 0 Å². The molecule has 0 spiro atoms. The summed E-state index contributed by atoms with van der Waals surface area (Å²) in [5, 5.41) is 0. The standard InChI is InChI=1S/C14H15BrN2O/c15-11-4-6-12(7-5-11)18-9-13-14-3-1-2-8-17(14)10-16-13/h4-7,10H,1-3,8-9H2. The van der Waals surface area contributed by atoms with E-state index < -0.39 is 0 Å². The average molecular weight is 307 g/mol. The van der Waals surface area contributed by atoms with E-state index in [1.807, 2.05) is 30.6 Å². The number of aromatic nitrogens is 2. The second kappa shape index (κ2) is 5.14. The predicted octanol–water partition coefficient (Wildman–Crippen LogP) is 3.56. The third-order valence-corrected chi connectivity index (χ3v) is 3.81. The van der Waals surface area contributed by atoms with Crippen molar-refractivity contribution >= 4 is 15.9 Å². The van der Waals surface area contributed by atoms with E-state index in [-0.39, 0.29) is 0 Å². The molecular formula is C14H15BrN2O. The first-order valence-corrected chi connectivity index (χ1v) is 7.03. The molecule has 0 amide bonds. The Bertz CT molecular complexity index is 533. The molecule has 18 heavy (non-hydrogen) atoms. The molecule has 3 rings (SSSR count). The summed E-state index contributed by atoms with van der Waals surface area (Å²) in [4.78, 5) is 4.46. The third-order valence-electron chi connectivity index (χ3n) is 3.28. The van der Waals surface area contributed by atoms with Gasteiger partial charge in [-0.2, -0.15) is 0 Å². The number of aryl methyl sites for hydroxylation is 1. The van der Waals surface area contributed by atoms with Crippen LogP contribution in [0.15, 0.2) is 35.1 Å². The molecule has 2 heterocycles. The fraction of sp³-hybridized carbons (Fsp3) is 0.357. The number of hydrogen-bond donors (Lipinski definition) is 0. The van der Waals surface area contributed by atoms with Crippen LogP contribution >= 0.6 is 15.9 Å². The molecule has 0 fully saturated rings. The highest BCUT2D eigenvalue weighted by atomic mass is 79.9. The second-order valence-corrected chi connectivity index (χ2v) is 5.45. The van der Waals surface area contributed by atoms with Crippen LogP contribution in [0.1, 0.15) is 24.2 Å². The number of halogens is 1. The van der Waals surface area contributed by atoms with Crippen LogP contribution in [-0.4, -0.2) is 9.55 Å². The van der Waals surface area contributed by atoms with Crippen molar-refractivity contribution in [2.75, 3.05) is 0 Å². The van der Waals surface area contributed by atoms with E-state index >= 15 is 0 Å². The van der Waals surface area contributed by atoms with Crippen molar-refractivity contribution < 1.29 is 4.74 Å². The second-order valence-electron chi connectivity index (χ2n) is 4.53. The molecule has 2 aromatic rings. The van der Waals surface area contributed by atoms with Crippen molar-refractivity contribution in [3.8, 4) is 5.75 Å². The molecule has 0 N–H and O–H groups in total. The number of fused-ring (bicyclic) bond motifs is 1. The van der Waals surface area contributed by atoms with E-state index in [4.69, 9.17) is 4.74 Å². The monoisotopic (exact) mass is 306 g/mol. The summed E-state index contributed by atoms with van der Waals surface area (Å²) in [6, 6.07) is 7.90. The van der Waals surface area contributed by atoms with Crippen LogP contribution in [0.4, 0.5) is 0 Å². The smallest absolute Gasteiger partial charge is 0.132 e. The van der Waals surface area contributed by atoms with Gasteiger partial charge in [0.05, 0.1) is 12.0 Å². The van der Waals surface area contributed by atoms with Gasteiger partial charge in [-0.05, 0) is 43.5 Å². The largest absolute Gasteiger partial charge is 0.487 e. The lowest BCUT2D eigenvalue weighted by Crippen LogP contribution is -2.11. The zero-order chi connectivity index (χ0) is 12.4. The fourth-order valence-electron chi connectivity index (χ4n) is 2.31. The summed E-state index contributed by atoms with van der Waals surface area (Å²) >= 11 is 3.41. The minimum Gasteiger partial charge on any atom is -0.487 e. The van der Waals surface area contributed by atoms with Gasteiger partial charge in [0.25, 0.3) is 0 Å². The maximum atomic E-state index is 5.77. The lowest BCUT2D eigenvalue weighted by atomic mass is 10.1.